The Morgan fingerprint density at radius 3 is 2.08 bits per heavy atom. The van der Waals surface area contributed by atoms with Crippen molar-refractivity contribution in [3.8, 4) is 0 Å². The second-order valence-corrected chi connectivity index (χ2v) is 8.65. The largest absolute Gasteiger partial charge is 0.326 e. The van der Waals surface area contributed by atoms with Gasteiger partial charge in [0.15, 0.2) is 0 Å². The molecule has 0 fully saturated rings. The maximum atomic E-state index is 13.1. The van der Waals surface area contributed by atoms with Gasteiger partial charge in [-0.05, 0) is 43.3 Å². The number of sulfonamides is 1. The standard InChI is InChI=1S/C19H33N3O3S/c1-6-19(23)20-17-9-11-18(12-10-17)26(24,25)22(15-16(4)5)14-13-21(7-2)8-3/h9-12,16H,6-8,13-15H2,1-5H3,(H,20,23). The Morgan fingerprint density at radius 1 is 1.04 bits per heavy atom. The first-order valence-corrected chi connectivity index (χ1v) is 10.8. The van der Waals surface area contributed by atoms with Crippen LogP contribution < -0.4 is 5.32 Å². The van der Waals surface area contributed by atoms with E-state index in [0.717, 1.165) is 13.1 Å². The zero-order valence-corrected chi connectivity index (χ0v) is 17.5. The van der Waals surface area contributed by atoms with Gasteiger partial charge in [0.25, 0.3) is 0 Å². The van der Waals surface area contributed by atoms with Gasteiger partial charge in [-0.25, -0.2) is 8.42 Å². The van der Waals surface area contributed by atoms with Crippen LogP contribution >= 0.6 is 0 Å². The molecule has 0 bridgehead atoms. The molecule has 0 aliphatic carbocycles. The van der Waals surface area contributed by atoms with E-state index in [1.807, 2.05) is 13.8 Å². The number of benzene rings is 1. The van der Waals surface area contributed by atoms with Crippen molar-refractivity contribution in [2.45, 2.75) is 45.9 Å². The van der Waals surface area contributed by atoms with E-state index in [0.29, 0.717) is 31.7 Å². The van der Waals surface area contributed by atoms with E-state index in [9.17, 15) is 13.2 Å². The molecule has 1 rings (SSSR count). The second kappa shape index (κ2) is 10.6. The van der Waals surface area contributed by atoms with Gasteiger partial charge in [-0.3, -0.25) is 4.79 Å². The molecule has 0 saturated heterocycles. The summed E-state index contributed by atoms with van der Waals surface area (Å²) in [4.78, 5) is 13.9. The first kappa shape index (κ1) is 22.6. The second-order valence-electron chi connectivity index (χ2n) is 6.71. The Kier molecular flexibility index (Phi) is 9.25. The summed E-state index contributed by atoms with van der Waals surface area (Å²) in [6.07, 6.45) is 0.383. The molecule has 0 aliphatic heterocycles. The topological polar surface area (TPSA) is 69.7 Å². The van der Waals surface area contributed by atoms with Crippen LogP contribution in [0.1, 0.15) is 41.0 Å². The molecule has 0 unspecified atom stereocenters. The molecule has 1 aromatic carbocycles. The summed E-state index contributed by atoms with van der Waals surface area (Å²) in [7, 11) is -3.57. The van der Waals surface area contributed by atoms with Gasteiger partial charge in [-0.2, -0.15) is 4.31 Å². The number of hydrogen-bond donors (Lipinski definition) is 1. The van der Waals surface area contributed by atoms with E-state index in [1.54, 1.807) is 35.5 Å². The van der Waals surface area contributed by atoms with Gasteiger partial charge in [0, 0.05) is 31.7 Å². The Balaban J connectivity index is 2.98. The summed E-state index contributed by atoms with van der Waals surface area (Å²) >= 11 is 0. The predicted octanol–water partition coefficient (Wildman–Crippen LogP) is 3.02. The third-order valence-corrected chi connectivity index (χ3v) is 6.11. The molecule has 0 atom stereocenters. The molecule has 0 saturated carbocycles. The van der Waals surface area contributed by atoms with Crippen LogP contribution in [0.25, 0.3) is 0 Å². The summed E-state index contributed by atoms with van der Waals surface area (Å²) in [5.74, 6) is 0.144. The fourth-order valence-corrected chi connectivity index (χ4v) is 4.21. The highest BCUT2D eigenvalue weighted by Gasteiger charge is 2.25. The van der Waals surface area contributed by atoms with E-state index in [1.165, 1.54) is 0 Å². The molecule has 0 heterocycles. The number of likely N-dealkylation sites (N-methyl/N-ethyl adjacent to an activating group) is 1. The molecule has 0 radical (unpaired) electrons. The van der Waals surface area contributed by atoms with Crippen molar-refractivity contribution in [1.82, 2.24) is 9.21 Å². The molecule has 0 aromatic heterocycles. The maximum absolute atomic E-state index is 13.1. The first-order valence-electron chi connectivity index (χ1n) is 9.36. The average Bonchev–Trinajstić information content (AvgIpc) is 2.61. The van der Waals surface area contributed by atoms with Gasteiger partial charge in [0.05, 0.1) is 4.90 Å². The molecule has 6 nitrogen and oxygen atoms in total. The number of nitrogens with one attached hydrogen (secondary N) is 1. The average molecular weight is 384 g/mol. The van der Waals surface area contributed by atoms with E-state index in [2.05, 4.69) is 24.1 Å². The Morgan fingerprint density at radius 2 is 1.62 bits per heavy atom. The summed E-state index contributed by atoms with van der Waals surface area (Å²) < 4.78 is 27.7. The predicted molar refractivity (Wildman–Crippen MR) is 107 cm³/mol. The summed E-state index contributed by atoms with van der Waals surface area (Å²) in [6.45, 7) is 13.4. The molecule has 26 heavy (non-hydrogen) atoms. The van der Waals surface area contributed by atoms with Gasteiger partial charge in [0.2, 0.25) is 15.9 Å². The summed E-state index contributed by atoms with van der Waals surface area (Å²) in [5.41, 5.74) is 0.606. The van der Waals surface area contributed by atoms with Crippen LogP contribution in [0, 0.1) is 5.92 Å². The number of amides is 1. The van der Waals surface area contributed by atoms with Crippen molar-refractivity contribution >= 4 is 21.6 Å². The Bertz CT molecular complexity index is 653. The quantitative estimate of drug-likeness (QED) is 0.638. The highest BCUT2D eigenvalue weighted by molar-refractivity contribution is 7.89. The SMILES string of the molecule is CCC(=O)Nc1ccc(S(=O)(=O)N(CCN(CC)CC)CC(C)C)cc1. The number of rotatable bonds is 11. The lowest BCUT2D eigenvalue weighted by molar-refractivity contribution is -0.115. The fraction of sp³-hybridized carbons (Fsp3) is 0.632. The van der Waals surface area contributed by atoms with Gasteiger partial charge in [-0.1, -0.05) is 34.6 Å². The number of hydrogen-bond acceptors (Lipinski definition) is 4. The maximum Gasteiger partial charge on any atom is 0.243 e. The van der Waals surface area contributed by atoms with Crippen molar-refractivity contribution in [3.63, 3.8) is 0 Å². The van der Waals surface area contributed by atoms with Crippen LogP contribution in [0.4, 0.5) is 5.69 Å². The normalized spacial score (nSPS) is 12.2. The van der Waals surface area contributed by atoms with Gasteiger partial charge < -0.3 is 10.2 Å². The number of carbonyl (C=O) groups is 1. The first-order chi connectivity index (χ1) is 12.2. The lowest BCUT2D eigenvalue weighted by Crippen LogP contribution is -2.40. The Hall–Kier alpha value is -1.44. The van der Waals surface area contributed by atoms with E-state index in [4.69, 9.17) is 0 Å². The lowest BCUT2D eigenvalue weighted by Gasteiger charge is -2.27. The monoisotopic (exact) mass is 383 g/mol. The highest BCUT2D eigenvalue weighted by Crippen LogP contribution is 2.20. The molecule has 0 spiro atoms. The minimum atomic E-state index is -3.57. The van der Waals surface area contributed by atoms with Crippen LogP contribution in [-0.4, -0.2) is 56.3 Å². The van der Waals surface area contributed by atoms with Crippen LogP contribution in [0.15, 0.2) is 29.2 Å². The van der Waals surface area contributed by atoms with Crippen molar-refractivity contribution in [1.29, 1.82) is 0 Å². The molecular weight excluding hydrogens is 350 g/mol. The van der Waals surface area contributed by atoms with E-state index in [-0.39, 0.29) is 16.7 Å². The van der Waals surface area contributed by atoms with Crippen LogP contribution in [0.5, 0.6) is 0 Å². The molecule has 1 amide bonds. The molecule has 1 N–H and O–H groups in total. The molecule has 0 aliphatic rings. The van der Waals surface area contributed by atoms with Gasteiger partial charge >= 0.3 is 0 Å². The van der Waals surface area contributed by atoms with E-state index < -0.39 is 10.0 Å². The van der Waals surface area contributed by atoms with Crippen LogP contribution in [0.2, 0.25) is 0 Å². The van der Waals surface area contributed by atoms with Gasteiger partial charge in [0.1, 0.15) is 0 Å². The fourth-order valence-electron chi connectivity index (χ4n) is 2.62. The molecule has 148 valence electrons. The zero-order valence-electron chi connectivity index (χ0n) is 16.7. The van der Waals surface area contributed by atoms with Crippen LogP contribution in [0.3, 0.4) is 0 Å². The van der Waals surface area contributed by atoms with Crippen molar-refractivity contribution < 1.29 is 13.2 Å². The zero-order chi connectivity index (χ0) is 19.7. The third kappa shape index (κ3) is 6.70. The summed E-state index contributed by atoms with van der Waals surface area (Å²) in [5, 5.41) is 2.73. The van der Waals surface area contributed by atoms with Crippen molar-refractivity contribution in [3.05, 3.63) is 24.3 Å². The van der Waals surface area contributed by atoms with E-state index >= 15 is 0 Å². The van der Waals surface area contributed by atoms with Gasteiger partial charge in [-0.15, -0.1) is 0 Å². The number of anilines is 1. The van der Waals surface area contributed by atoms with Crippen molar-refractivity contribution in [2.75, 3.05) is 38.0 Å². The van der Waals surface area contributed by atoms with Crippen LogP contribution in [-0.2, 0) is 14.8 Å². The third-order valence-electron chi connectivity index (χ3n) is 4.23. The minimum Gasteiger partial charge on any atom is -0.326 e. The number of nitrogens with zero attached hydrogens (tertiary/aromatic N) is 2. The highest BCUT2D eigenvalue weighted by atomic mass is 32.2. The summed E-state index contributed by atoms with van der Waals surface area (Å²) in [6, 6.07) is 6.40. The molecule has 7 heteroatoms. The smallest absolute Gasteiger partial charge is 0.243 e. The minimum absolute atomic E-state index is 0.0961. The Labute approximate surface area is 158 Å². The lowest BCUT2D eigenvalue weighted by atomic mass is 10.2. The molecular formula is C19H33N3O3S. The van der Waals surface area contributed by atoms with Crippen molar-refractivity contribution in [2.24, 2.45) is 5.92 Å². The molecule has 1 aromatic rings. The number of carbonyl (C=O) groups excluding carboxylic acids is 1.